The number of aliphatic hydroxyl groups is 1. The van der Waals surface area contributed by atoms with Crippen LogP contribution in [0.2, 0.25) is 0 Å². The highest BCUT2D eigenvalue weighted by Crippen LogP contribution is 2.52. The van der Waals surface area contributed by atoms with Gasteiger partial charge >= 0.3 is 6.18 Å². The molecule has 0 heterocycles. The Balaban J connectivity index is 3.05. The molecule has 86 valence electrons. The standard InChI is InChI=1S/C10H13F3O2/c11-10(12,13)9(8(15)4-7-14)5-2-1-3-6-9/h4,7,15H,1-3,5-6H2/b8-4+. The number of carbonyl (C=O) groups is 1. The molecule has 0 aromatic carbocycles. The van der Waals surface area contributed by atoms with Gasteiger partial charge in [-0.15, -0.1) is 0 Å². The Labute approximate surface area is 85.8 Å². The Kier molecular flexibility index (Phi) is 3.42. The van der Waals surface area contributed by atoms with Crippen molar-refractivity contribution in [3.8, 4) is 0 Å². The van der Waals surface area contributed by atoms with E-state index in [2.05, 4.69) is 0 Å². The number of rotatable bonds is 2. The van der Waals surface area contributed by atoms with Gasteiger partial charge in [0.15, 0.2) is 0 Å². The van der Waals surface area contributed by atoms with E-state index in [1.54, 1.807) is 0 Å². The molecule has 1 aliphatic rings. The van der Waals surface area contributed by atoms with Crippen molar-refractivity contribution < 1.29 is 23.1 Å². The summed E-state index contributed by atoms with van der Waals surface area (Å²) >= 11 is 0. The first-order valence-corrected chi connectivity index (χ1v) is 4.86. The van der Waals surface area contributed by atoms with Crippen LogP contribution in [0, 0.1) is 5.41 Å². The first-order chi connectivity index (χ1) is 6.94. The summed E-state index contributed by atoms with van der Waals surface area (Å²) in [4.78, 5) is 10.1. The molecular formula is C10H13F3O2. The third-order valence-corrected chi connectivity index (χ3v) is 2.97. The van der Waals surface area contributed by atoms with Gasteiger partial charge in [0.2, 0.25) is 0 Å². The number of aliphatic hydroxyl groups excluding tert-OH is 1. The lowest BCUT2D eigenvalue weighted by molar-refractivity contribution is -0.228. The second-order valence-corrected chi connectivity index (χ2v) is 3.83. The smallest absolute Gasteiger partial charge is 0.401 e. The number of hydrogen-bond acceptors (Lipinski definition) is 2. The highest BCUT2D eigenvalue weighted by atomic mass is 19.4. The first kappa shape index (κ1) is 12.1. The predicted octanol–water partition coefficient (Wildman–Crippen LogP) is 3.14. The minimum Gasteiger partial charge on any atom is -0.511 e. The van der Waals surface area contributed by atoms with Gasteiger partial charge in [-0.2, -0.15) is 13.2 Å². The summed E-state index contributed by atoms with van der Waals surface area (Å²) in [6, 6.07) is 0. The Morgan fingerprint density at radius 3 is 2.13 bits per heavy atom. The predicted molar refractivity (Wildman–Crippen MR) is 48.3 cm³/mol. The van der Waals surface area contributed by atoms with Crippen LogP contribution < -0.4 is 0 Å². The molecule has 1 fully saturated rings. The minimum atomic E-state index is -4.49. The number of halogens is 3. The van der Waals surface area contributed by atoms with Gasteiger partial charge in [0.25, 0.3) is 0 Å². The van der Waals surface area contributed by atoms with Crippen LogP contribution in [0.4, 0.5) is 13.2 Å². The fourth-order valence-corrected chi connectivity index (χ4v) is 2.06. The lowest BCUT2D eigenvalue weighted by Gasteiger charge is -2.37. The zero-order chi connectivity index (χ0) is 11.5. The third kappa shape index (κ3) is 2.16. The van der Waals surface area contributed by atoms with Gasteiger partial charge in [-0.3, -0.25) is 4.79 Å². The summed E-state index contributed by atoms with van der Waals surface area (Å²) in [6.07, 6.45) is -2.36. The first-order valence-electron chi connectivity index (χ1n) is 4.86. The molecule has 1 rings (SSSR count). The summed E-state index contributed by atoms with van der Waals surface area (Å²) in [5.41, 5.74) is -2.19. The van der Waals surface area contributed by atoms with Gasteiger partial charge < -0.3 is 5.11 Å². The third-order valence-electron chi connectivity index (χ3n) is 2.97. The van der Waals surface area contributed by atoms with Gasteiger partial charge in [0.05, 0.1) is 0 Å². The van der Waals surface area contributed by atoms with Gasteiger partial charge in [-0.05, 0) is 12.8 Å². The van der Waals surface area contributed by atoms with Crippen LogP contribution in [0.3, 0.4) is 0 Å². The van der Waals surface area contributed by atoms with E-state index in [1.807, 2.05) is 0 Å². The molecule has 1 N–H and O–H groups in total. The molecule has 1 saturated carbocycles. The van der Waals surface area contributed by atoms with E-state index < -0.39 is 17.4 Å². The molecule has 0 spiro atoms. The molecule has 5 heteroatoms. The molecule has 0 atom stereocenters. The second-order valence-electron chi connectivity index (χ2n) is 3.83. The van der Waals surface area contributed by atoms with Gasteiger partial charge in [-0.1, -0.05) is 19.3 Å². The average Bonchev–Trinajstić information content (AvgIpc) is 2.17. The van der Waals surface area contributed by atoms with Crippen molar-refractivity contribution in [2.24, 2.45) is 5.41 Å². The van der Waals surface area contributed by atoms with Crippen molar-refractivity contribution in [3.05, 3.63) is 11.8 Å². The normalized spacial score (nSPS) is 22.5. The van der Waals surface area contributed by atoms with Crippen LogP contribution in [0.15, 0.2) is 11.8 Å². The molecule has 0 aromatic rings. The number of hydrogen-bond donors (Lipinski definition) is 1. The average molecular weight is 222 g/mol. The van der Waals surface area contributed by atoms with Crippen LogP contribution in [0.5, 0.6) is 0 Å². The van der Waals surface area contributed by atoms with E-state index in [0.717, 1.165) is 6.42 Å². The fourth-order valence-electron chi connectivity index (χ4n) is 2.06. The zero-order valence-corrected chi connectivity index (χ0v) is 8.18. The molecule has 0 aliphatic heterocycles. The van der Waals surface area contributed by atoms with Crippen molar-refractivity contribution in [1.82, 2.24) is 0 Å². The molecule has 1 aliphatic carbocycles. The quantitative estimate of drug-likeness (QED) is 0.442. The lowest BCUT2D eigenvalue weighted by atomic mass is 9.72. The van der Waals surface area contributed by atoms with E-state index in [1.165, 1.54) is 0 Å². The highest BCUT2D eigenvalue weighted by molar-refractivity contribution is 5.65. The van der Waals surface area contributed by atoms with Crippen molar-refractivity contribution in [1.29, 1.82) is 0 Å². The van der Waals surface area contributed by atoms with E-state index in [9.17, 15) is 23.1 Å². The lowest BCUT2D eigenvalue weighted by Crippen LogP contribution is -2.41. The molecule has 0 saturated heterocycles. The molecule has 0 bridgehead atoms. The van der Waals surface area contributed by atoms with Crippen molar-refractivity contribution in [2.45, 2.75) is 38.3 Å². The largest absolute Gasteiger partial charge is 0.511 e. The zero-order valence-electron chi connectivity index (χ0n) is 8.18. The van der Waals surface area contributed by atoms with E-state index in [0.29, 0.717) is 18.9 Å². The number of allylic oxidation sites excluding steroid dienone is 2. The molecule has 0 radical (unpaired) electrons. The maximum Gasteiger partial charge on any atom is 0.401 e. The summed E-state index contributed by atoms with van der Waals surface area (Å²) in [6.45, 7) is 0. The van der Waals surface area contributed by atoms with Gasteiger partial charge in [0, 0.05) is 6.08 Å². The summed E-state index contributed by atoms with van der Waals surface area (Å²) in [5, 5.41) is 9.37. The maximum absolute atomic E-state index is 12.9. The topological polar surface area (TPSA) is 37.3 Å². The second kappa shape index (κ2) is 4.24. The van der Waals surface area contributed by atoms with Crippen molar-refractivity contribution in [3.63, 3.8) is 0 Å². The number of aldehydes is 1. The van der Waals surface area contributed by atoms with E-state index in [-0.39, 0.29) is 19.1 Å². The Morgan fingerprint density at radius 2 is 1.73 bits per heavy atom. The van der Waals surface area contributed by atoms with Gasteiger partial charge in [-0.25, -0.2) is 0 Å². The van der Waals surface area contributed by atoms with E-state index in [4.69, 9.17) is 0 Å². The van der Waals surface area contributed by atoms with Crippen molar-refractivity contribution in [2.75, 3.05) is 0 Å². The Hall–Kier alpha value is -1.00. The van der Waals surface area contributed by atoms with Crippen molar-refractivity contribution >= 4 is 6.29 Å². The summed E-state index contributed by atoms with van der Waals surface area (Å²) < 4.78 is 38.6. The molecule has 0 amide bonds. The van der Waals surface area contributed by atoms with Crippen LogP contribution in [0.1, 0.15) is 32.1 Å². The summed E-state index contributed by atoms with van der Waals surface area (Å²) in [7, 11) is 0. The maximum atomic E-state index is 12.9. The summed E-state index contributed by atoms with van der Waals surface area (Å²) in [5.74, 6) is -0.843. The number of alkyl halides is 3. The molecular weight excluding hydrogens is 209 g/mol. The Morgan fingerprint density at radius 1 is 1.20 bits per heavy atom. The fraction of sp³-hybridized carbons (Fsp3) is 0.700. The monoisotopic (exact) mass is 222 g/mol. The van der Waals surface area contributed by atoms with Crippen LogP contribution >= 0.6 is 0 Å². The SMILES string of the molecule is O=C/C=C(/O)C1(C(F)(F)F)CCCCC1. The van der Waals surface area contributed by atoms with E-state index >= 15 is 0 Å². The molecule has 0 aromatic heterocycles. The van der Waals surface area contributed by atoms with Crippen LogP contribution in [-0.2, 0) is 4.79 Å². The van der Waals surface area contributed by atoms with Crippen LogP contribution in [-0.4, -0.2) is 17.6 Å². The molecule has 15 heavy (non-hydrogen) atoms. The molecule has 2 nitrogen and oxygen atoms in total. The highest BCUT2D eigenvalue weighted by Gasteiger charge is 2.57. The van der Waals surface area contributed by atoms with Crippen LogP contribution in [0.25, 0.3) is 0 Å². The Bertz CT molecular complexity index is 262. The minimum absolute atomic E-state index is 0.132. The molecule has 0 unspecified atom stereocenters. The number of carbonyl (C=O) groups excluding carboxylic acids is 1. The van der Waals surface area contributed by atoms with Gasteiger partial charge in [0.1, 0.15) is 17.5 Å².